The number of benzene rings is 1. The Morgan fingerprint density at radius 3 is 2.31 bits per heavy atom. The van der Waals surface area contributed by atoms with Gasteiger partial charge >= 0.3 is 6.03 Å². The van der Waals surface area contributed by atoms with Crippen LogP contribution in [0.25, 0.3) is 0 Å². The number of primary amides is 1. The van der Waals surface area contributed by atoms with Gasteiger partial charge in [0.05, 0.1) is 11.4 Å². The van der Waals surface area contributed by atoms with Crippen molar-refractivity contribution in [3.05, 3.63) is 42.2 Å². The fourth-order valence-corrected chi connectivity index (χ4v) is 4.42. The smallest absolute Gasteiger partial charge is 0.319 e. The van der Waals surface area contributed by atoms with E-state index in [2.05, 4.69) is 30.4 Å². The van der Waals surface area contributed by atoms with Crippen LogP contribution < -0.4 is 26.2 Å². The minimum Gasteiger partial charge on any atom is -0.370 e. The molecule has 0 saturated carbocycles. The SMILES string of the molecule is NC(=O)c1ccc(N2CCCCC2)c(NC(=O)NCCC(=O)N2CCN(c3ncccn3)CC2)c1. The molecule has 35 heavy (non-hydrogen) atoms. The van der Waals surface area contributed by atoms with E-state index in [0.29, 0.717) is 43.4 Å². The van der Waals surface area contributed by atoms with Gasteiger partial charge in [-0.15, -0.1) is 0 Å². The second-order valence-electron chi connectivity index (χ2n) is 8.69. The highest BCUT2D eigenvalue weighted by Gasteiger charge is 2.22. The van der Waals surface area contributed by atoms with Crippen LogP contribution in [0, 0.1) is 0 Å². The molecule has 2 aliphatic heterocycles. The lowest BCUT2D eigenvalue weighted by Gasteiger charge is -2.34. The predicted octanol–water partition coefficient (Wildman–Crippen LogP) is 1.43. The molecule has 0 atom stereocenters. The Bertz CT molecular complexity index is 1030. The highest BCUT2D eigenvalue weighted by atomic mass is 16.2. The van der Waals surface area contributed by atoms with E-state index in [1.807, 2.05) is 6.07 Å². The van der Waals surface area contributed by atoms with Crippen molar-refractivity contribution in [3.8, 4) is 0 Å². The second kappa shape index (κ2) is 11.5. The lowest BCUT2D eigenvalue weighted by molar-refractivity contribution is -0.131. The van der Waals surface area contributed by atoms with Gasteiger partial charge in [-0.05, 0) is 43.5 Å². The average molecular weight is 481 g/mol. The first-order valence-electron chi connectivity index (χ1n) is 12.0. The van der Waals surface area contributed by atoms with E-state index in [4.69, 9.17) is 5.73 Å². The molecule has 4 rings (SSSR count). The molecule has 11 heteroatoms. The van der Waals surface area contributed by atoms with Crippen molar-refractivity contribution >= 4 is 35.2 Å². The Hall–Kier alpha value is -3.89. The van der Waals surface area contributed by atoms with E-state index in [0.717, 1.165) is 31.6 Å². The number of carbonyl (C=O) groups is 3. The number of carbonyl (C=O) groups excluding carboxylic acids is 3. The third-order valence-corrected chi connectivity index (χ3v) is 6.32. The van der Waals surface area contributed by atoms with Crippen molar-refractivity contribution in [1.82, 2.24) is 20.2 Å². The Morgan fingerprint density at radius 1 is 0.914 bits per heavy atom. The molecule has 4 amide bonds. The molecule has 186 valence electrons. The number of piperazine rings is 1. The quantitative estimate of drug-likeness (QED) is 0.545. The number of rotatable bonds is 7. The maximum atomic E-state index is 12.6. The molecular weight excluding hydrogens is 448 g/mol. The van der Waals surface area contributed by atoms with Crippen molar-refractivity contribution < 1.29 is 14.4 Å². The zero-order valence-electron chi connectivity index (χ0n) is 19.8. The van der Waals surface area contributed by atoms with Gasteiger partial charge in [0.2, 0.25) is 17.8 Å². The van der Waals surface area contributed by atoms with Crippen LogP contribution in [0.3, 0.4) is 0 Å². The molecule has 2 fully saturated rings. The van der Waals surface area contributed by atoms with Crippen molar-refractivity contribution in [2.24, 2.45) is 5.73 Å². The number of hydrogen-bond acceptors (Lipinski definition) is 7. The molecule has 1 aromatic heterocycles. The predicted molar refractivity (Wildman–Crippen MR) is 133 cm³/mol. The summed E-state index contributed by atoms with van der Waals surface area (Å²) >= 11 is 0. The standard InChI is InChI=1S/C24H32N8O3/c25-22(34)18-5-6-20(30-11-2-1-3-12-30)19(17-18)29-24(35)28-10-7-21(33)31-13-15-32(16-14-31)23-26-8-4-9-27-23/h4-6,8-9,17H,1-3,7,10-16H2,(H2,25,34)(H2,28,29,35). The lowest BCUT2D eigenvalue weighted by atomic mass is 10.1. The molecule has 2 aliphatic rings. The summed E-state index contributed by atoms with van der Waals surface area (Å²) in [6.07, 6.45) is 6.96. The largest absolute Gasteiger partial charge is 0.370 e. The number of amides is 4. The van der Waals surface area contributed by atoms with Crippen LogP contribution in [0.2, 0.25) is 0 Å². The topological polar surface area (TPSA) is 137 Å². The van der Waals surface area contributed by atoms with E-state index in [-0.39, 0.29) is 18.9 Å². The fraction of sp³-hybridized carbons (Fsp3) is 0.458. The van der Waals surface area contributed by atoms with Gasteiger partial charge in [-0.25, -0.2) is 14.8 Å². The van der Waals surface area contributed by atoms with Crippen LogP contribution in [0.5, 0.6) is 0 Å². The number of urea groups is 1. The molecule has 4 N–H and O–H groups in total. The first-order valence-corrected chi connectivity index (χ1v) is 12.0. The number of aromatic nitrogens is 2. The maximum Gasteiger partial charge on any atom is 0.319 e. The van der Waals surface area contributed by atoms with E-state index >= 15 is 0 Å². The number of nitrogens with zero attached hydrogens (tertiary/aromatic N) is 5. The highest BCUT2D eigenvalue weighted by Crippen LogP contribution is 2.29. The van der Waals surface area contributed by atoms with Crippen molar-refractivity contribution in [2.45, 2.75) is 25.7 Å². The van der Waals surface area contributed by atoms with E-state index in [1.165, 1.54) is 6.42 Å². The minimum atomic E-state index is -0.553. The molecule has 0 spiro atoms. The first-order chi connectivity index (χ1) is 17.0. The summed E-state index contributed by atoms with van der Waals surface area (Å²) in [6.45, 7) is 4.50. The summed E-state index contributed by atoms with van der Waals surface area (Å²) in [6, 6.07) is 6.45. The average Bonchev–Trinajstić information content (AvgIpc) is 2.89. The molecule has 1 aromatic carbocycles. The number of hydrogen-bond donors (Lipinski definition) is 3. The fourth-order valence-electron chi connectivity index (χ4n) is 4.42. The van der Waals surface area contributed by atoms with Gasteiger partial charge in [0.1, 0.15) is 0 Å². The zero-order valence-corrected chi connectivity index (χ0v) is 19.8. The maximum absolute atomic E-state index is 12.6. The van der Waals surface area contributed by atoms with Crippen LogP contribution in [0.1, 0.15) is 36.0 Å². The molecule has 2 saturated heterocycles. The molecule has 3 heterocycles. The lowest BCUT2D eigenvalue weighted by Crippen LogP contribution is -2.49. The summed E-state index contributed by atoms with van der Waals surface area (Å²) in [5, 5.41) is 5.59. The van der Waals surface area contributed by atoms with Crippen molar-refractivity contribution in [2.75, 3.05) is 60.9 Å². The van der Waals surface area contributed by atoms with Crippen LogP contribution in [-0.4, -0.2) is 78.5 Å². The number of anilines is 3. The van der Waals surface area contributed by atoms with E-state index in [9.17, 15) is 14.4 Å². The monoisotopic (exact) mass is 480 g/mol. The second-order valence-corrected chi connectivity index (χ2v) is 8.69. The van der Waals surface area contributed by atoms with Gasteiger partial charge in [0.15, 0.2) is 0 Å². The Balaban J connectivity index is 1.26. The van der Waals surface area contributed by atoms with Crippen molar-refractivity contribution in [1.29, 1.82) is 0 Å². The Morgan fingerprint density at radius 2 is 1.63 bits per heavy atom. The van der Waals surface area contributed by atoms with E-state index < -0.39 is 11.9 Å². The van der Waals surface area contributed by atoms with Gasteiger partial charge in [0.25, 0.3) is 0 Å². The van der Waals surface area contributed by atoms with E-state index in [1.54, 1.807) is 35.5 Å². The molecule has 0 radical (unpaired) electrons. The first kappa shape index (κ1) is 24.2. The number of nitrogens with two attached hydrogens (primary N) is 1. The molecule has 11 nitrogen and oxygen atoms in total. The third kappa shape index (κ3) is 6.37. The normalized spacial score (nSPS) is 16.1. The van der Waals surface area contributed by atoms with Gasteiger partial charge < -0.3 is 31.1 Å². The molecular formula is C24H32N8O3. The van der Waals surface area contributed by atoms with Gasteiger partial charge in [-0.1, -0.05) is 0 Å². The van der Waals surface area contributed by atoms with Gasteiger partial charge in [-0.3, -0.25) is 9.59 Å². The summed E-state index contributed by atoms with van der Waals surface area (Å²) < 4.78 is 0. The molecule has 0 aliphatic carbocycles. The van der Waals surface area contributed by atoms with Crippen molar-refractivity contribution in [3.63, 3.8) is 0 Å². The number of nitrogens with one attached hydrogen (secondary N) is 2. The Kier molecular flexibility index (Phi) is 7.96. The van der Waals surface area contributed by atoms with Gasteiger partial charge in [0, 0.05) is 70.2 Å². The van der Waals surface area contributed by atoms with Crippen LogP contribution >= 0.6 is 0 Å². The van der Waals surface area contributed by atoms with Crippen LogP contribution in [-0.2, 0) is 4.79 Å². The summed E-state index contributed by atoms with van der Waals surface area (Å²) in [5.74, 6) is 0.106. The molecule has 0 bridgehead atoms. The van der Waals surface area contributed by atoms with Crippen LogP contribution in [0.15, 0.2) is 36.7 Å². The molecule has 0 unspecified atom stereocenters. The highest BCUT2D eigenvalue weighted by molar-refractivity contribution is 5.99. The summed E-state index contributed by atoms with van der Waals surface area (Å²) in [4.78, 5) is 51.4. The zero-order chi connectivity index (χ0) is 24.6. The number of piperidine rings is 1. The molecule has 2 aromatic rings. The summed E-state index contributed by atoms with van der Waals surface area (Å²) in [5.41, 5.74) is 7.16. The minimum absolute atomic E-state index is 0.0105. The summed E-state index contributed by atoms with van der Waals surface area (Å²) in [7, 11) is 0. The Labute approximate surface area is 204 Å². The third-order valence-electron chi connectivity index (χ3n) is 6.32. The van der Waals surface area contributed by atoms with Gasteiger partial charge in [-0.2, -0.15) is 0 Å². The van der Waals surface area contributed by atoms with Crippen LogP contribution in [0.4, 0.5) is 22.1 Å².